The standard InChI is InChI=1S/C20H21N3O6S/c24-20(11-6-15-3-1-4-17(13-15)23(25)26)22-16-7-9-19(10-8-16)30(27,28)21-14-18-5-2-12-29-18/h1,3-4,6-11,13,18,21H,2,5,12,14H2,(H,22,24)/b11-6+. The molecule has 0 aliphatic carbocycles. The van der Waals surface area contributed by atoms with Crippen molar-refractivity contribution in [1.82, 2.24) is 4.72 Å². The minimum Gasteiger partial charge on any atom is -0.377 e. The summed E-state index contributed by atoms with van der Waals surface area (Å²) in [5.41, 5.74) is 0.863. The minimum absolute atomic E-state index is 0.0672. The molecule has 1 unspecified atom stereocenters. The molecular weight excluding hydrogens is 410 g/mol. The summed E-state index contributed by atoms with van der Waals surface area (Å²) < 4.78 is 32.6. The molecule has 0 saturated carbocycles. The maximum atomic E-state index is 12.3. The molecule has 0 spiro atoms. The molecule has 2 aromatic carbocycles. The van der Waals surface area contributed by atoms with Crippen molar-refractivity contribution in [2.75, 3.05) is 18.5 Å². The summed E-state index contributed by atoms with van der Waals surface area (Å²) in [5.74, 6) is -0.450. The highest BCUT2D eigenvalue weighted by molar-refractivity contribution is 7.89. The highest BCUT2D eigenvalue weighted by atomic mass is 32.2. The molecule has 1 saturated heterocycles. The maximum absolute atomic E-state index is 12.3. The van der Waals surface area contributed by atoms with E-state index in [4.69, 9.17) is 4.74 Å². The van der Waals surface area contributed by atoms with Crippen LogP contribution < -0.4 is 10.0 Å². The number of hydrogen-bond acceptors (Lipinski definition) is 6. The number of anilines is 1. The average Bonchev–Trinajstić information content (AvgIpc) is 3.25. The van der Waals surface area contributed by atoms with Crippen LogP contribution in [0.1, 0.15) is 18.4 Å². The van der Waals surface area contributed by atoms with Gasteiger partial charge in [-0.05, 0) is 48.7 Å². The number of rotatable bonds is 8. The van der Waals surface area contributed by atoms with E-state index in [1.54, 1.807) is 6.07 Å². The maximum Gasteiger partial charge on any atom is 0.270 e. The van der Waals surface area contributed by atoms with Crippen molar-refractivity contribution in [1.29, 1.82) is 0 Å². The third kappa shape index (κ3) is 5.96. The topological polar surface area (TPSA) is 128 Å². The van der Waals surface area contributed by atoms with Crippen molar-refractivity contribution in [3.8, 4) is 0 Å². The van der Waals surface area contributed by atoms with Gasteiger partial charge in [0.15, 0.2) is 0 Å². The lowest BCUT2D eigenvalue weighted by atomic mass is 10.2. The molecule has 0 bridgehead atoms. The quantitative estimate of drug-likeness (QED) is 0.376. The second-order valence-corrected chi connectivity index (χ2v) is 8.45. The van der Waals surface area contributed by atoms with Gasteiger partial charge >= 0.3 is 0 Å². The monoisotopic (exact) mass is 431 g/mol. The second kappa shape index (κ2) is 9.61. The molecule has 1 aliphatic rings. The molecule has 10 heteroatoms. The molecule has 30 heavy (non-hydrogen) atoms. The van der Waals surface area contributed by atoms with Crippen LogP contribution in [0.15, 0.2) is 59.5 Å². The van der Waals surface area contributed by atoms with Gasteiger partial charge in [0.1, 0.15) is 0 Å². The van der Waals surface area contributed by atoms with Crippen molar-refractivity contribution in [2.24, 2.45) is 0 Å². The summed E-state index contributed by atoms with van der Waals surface area (Å²) in [7, 11) is -3.66. The molecule has 3 rings (SSSR count). The van der Waals surface area contributed by atoms with Crippen molar-refractivity contribution in [3.05, 3.63) is 70.3 Å². The van der Waals surface area contributed by atoms with Gasteiger partial charge in [0.25, 0.3) is 5.69 Å². The number of ether oxygens (including phenoxy) is 1. The van der Waals surface area contributed by atoms with Crippen LogP contribution in [0.5, 0.6) is 0 Å². The Bertz CT molecular complexity index is 1040. The molecule has 2 N–H and O–H groups in total. The Hall–Kier alpha value is -3.08. The number of non-ortho nitro benzene ring substituents is 1. The molecule has 1 heterocycles. The zero-order chi connectivity index (χ0) is 21.6. The highest BCUT2D eigenvalue weighted by Crippen LogP contribution is 2.17. The van der Waals surface area contributed by atoms with E-state index in [-0.39, 0.29) is 23.2 Å². The van der Waals surface area contributed by atoms with Crippen LogP contribution >= 0.6 is 0 Å². The molecule has 1 fully saturated rings. The predicted octanol–water partition coefficient (Wildman–Crippen LogP) is 2.70. The van der Waals surface area contributed by atoms with Gasteiger partial charge in [0.05, 0.1) is 15.9 Å². The predicted molar refractivity (Wildman–Crippen MR) is 111 cm³/mol. The van der Waals surface area contributed by atoms with Crippen LogP contribution in [-0.2, 0) is 19.6 Å². The van der Waals surface area contributed by atoms with Crippen molar-refractivity contribution >= 4 is 33.4 Å². The van der Waals surface area contributed by atoms with Gasteiger partial charge in [-0.2, -0.15) is 0 Å². The number of nitro benzene ring substituents is 1. The van der Waals surface area contributed by atoms with Gasteiger partial charge in [-0.3, -0.25) is 14.9 Å². The van der Waals surface area contributed by atoms with Crippen LogP contribution in [0.25, 0.3) is 6.08 Å². The van der Waals surface area contributed by atoms with E-state index in [1.165, 1.54) is 54.6 Å². The first-order valence-electron chi connectivity index (χ1n) is 9.28. The third-order valence-corrected chi connectivity index (χ3v) is 5.90. The van der Waals surface area contributed by atoms with E-state index in [0.29, 0.717) is 17.9 Å². The van der Waals surface area contributed by atoms with Crippen LogP contribution in [0.4, 0.5) is 11.4 Å². The lowest BCUT2D eigenvalue weighted by molar-refractivity contribution is -0.384. The molecular formula is C20H21N3O6S. The van der Waals surface area contributed by atoms with Crippen molar-refractivity contribution in [2.45, 2.75) is 23.8 Å². The highest BCUT2D eigenvalue weighted by Gasteiger charge is 2.20. The van der Waals surface area contributed by atoms with E-state index in [2.05, 4.69) is 10.0 Å². The van der Waals surface area contributed by atoms with E-state index < -0.39 is 20.9 Å². The Morgan fingerprint density at radius 3 is 2.67 bits per heavy atom. The van der Waals surface area contributed by atoms with Gasteiger partial charge in [0.2, 0.25) is 15.9 Å². The Labute approximate surface area is 174 Å². The van der Waals surface area contributed by atoms with E-state index in [9.17, 15) is 23.3 Å². The average molecular weight is 431 g/mol. The fourth-order valence-corrected chi connectivity index (χ4v) is 3.97. The Kier molecular flexibility index (Phi) is 6.93. The molecule has 0 radical (unpaired) electrons. The van der Waals surface area contributed by atoms with Gasteiger partial charge in [-0.25, -0.2) is 13.1 Å². The third-order valence-electron chi connectivity index (χ3n) is 4.47. The van der Waals surface area contributed by atoms with E-state index >= 15 is 0 Å². The van der Waals surface area contributed by atoms with E-state index in [0.717, 1.165) is 12.8 Å². The number of benzene rings is 2. The lowest BCUT2D eigenvalue weighted by Gasteiger charge is -2.11. The molecule has 2 aromatic rings. The van der Waals surface area contributed by atoms with Crippen LogP contribution in [0, 0.1) is 10.1 Å². The van der Waals surface area contributed by atoms with Gasteiger partial charge in [-0.15, -0.1) is 0 Å². The number of amides is 1. The summed E-state index contributed by atoms with van der Waals surface area (Å²) in [4.78, 5) is 22.4. The molecule has 158 valence electrons. The molecule has 1 amide bonds. The summed E-state index contributed by atoms with van der Waals surface area (Å²) >= 11 is 0. The van der Waals surface area contributed by atoms with Crippen molar-refractivity contribution < 1.29 is 22.9 Å². The number of nitrogens with zero attached hydrogens (tertiary/aromatic N) is 1. The second-order valence-electron chi connectivity index (χ2n) is 6.69. The first kappa shape index (κ1) is 21.6. The number of nitro groups is 1. The number of sulfonamides is 1. The van der Waals surface area contributed by atoms with Crippen molar-refractivity contribution in [3.63, 3.8) is 0 Å². The number of hydrogen-bond donors (Lipinski definition) is 2. The minimum atomic E-state index is -3.66. The van der Waals surface area contributed by atoms with Gasteiger partial charge < -0.3 is 10.1 Å². The fourth-order valence-electron chi connectivity index (χ4n) is 2.91. The largest absolute Gasteiger partial charge is 0.377 e. The van der Waals surface area contributed by atoms with Gasteiger partial charge in [-0.1, -0.05) is 12.1 Å². The molecule has 9 nitrogen and oxygen atoms in total. The summed E-state index contributed by atoms with van der Waals surface area (Å²) in [6, 6.07) is 11.7. The summed E-state index contributed by atoms with van der Waals surface area (Å²) in [6.45, 7) is 0.875. The molecule has 1 aliphatic heterocycles. The first-order valence-corrected chi connectivity index (χ1v) is 10.8. The normalized spacial score (nSPS) is 16.6. The molecule has 0 aromatic heterocycles. The Balaban J connectivity index is 1.57. The van der Waals surface area contributed by atoms with Crippen LogP contribution in [-0.4, -0.2) is 38.5 Å². The van der Waals surface area contributed by atoms with Crippen LogP contribution in [0.3, 0.4) is 0 Å². The number of carbonyl (C=O) groups excluding carboxylic acids is 1. The van der Waals surface area contributed by atoms with Gasteiger partial charge in [0, 0.05) is 37.0 Å². The zero-order valence-corrected chi connectivity index (χ0v) is 16.8. The Morgan fingerprint density at radius 1 is 1.23 bits per heavy atom. The smallest absolute Gasteiger partial charge is 0.270 e. The molecule has 1 atom stereocenters. The Morgan fingerprint density at radius 2 is 2.00 bits per heavy atom. The lowest BCUT2D eigenvalue weighted by Crippen LogP contribution is -2.31. The fraction of sp³-hybridized carbons (Fsp3) is 0.250. The zero-order valence-electron chi connectivity index (χ0n) is 16.0. The first-order chi connectivity index (χ1) is 14.3. The summed E-state index contributed by atoms with van der Waals surface area (Å²) in [5, 5.41) is 13.4. The number of carbonyl (C=O) groups is 1. The van der Waals surface area contributed by atoms with E-state index in [1.807, 2.05) is 0 Å². The SMILES string of the molecule is O=C(/C=C/c1cccc([N+](=O)[O-])c1)Nc1ccc(S(=O)(=O)NCC2CCCO2)cc1. The van der Waals surface area contributed by atoms with Crippen LogP contribution in [0.2, 0.25) is 0 Å². The summed E-state index contributed by atoms with van der Waals surface area (Å²) in [6.07, 6.45) is 4.35. The number of nitrogens with one attached hydrogen (secondary N) is 2.